The molecule has 1 aromatic heterocycles. The monoisotopic (exact) mass is 423 g/mol. The van der Waals surface area contributed by atoms with E-state index in [1.165, 1.54) is 6.21 Å². The minimum atomic E-state index is -0.462. The van der Waals surface area contributed by atoms with Crippen molar-refractivity contribution in [1.29, 1.82) is 0 Å². The summed E-state index contributed by atoms with van der Waals surface area (Å²) < 4.78 is 7.40. The third kappa shape index (κ3) is 4.82. The number of hydrazone groups is 1. The smallest absolute Gasteiger partial charge is 0.343 e. The quantitative estimate of drug-likeness (QED) is 0.210. The maximum Gasteiger partial charge on any atom is 0.343 e. The second-order valence-electron chi connectivity index (χ2n) is 7.10. The second-order valence-corrected chi connectivity index (χ2v) is 7.10. The van der Waals surface area contributed by atoms with E-state index >= 15 is 0 Å². The number of hydrogen-bond donors (Lipinski definition) is 1. The van der Waals surface area contributed by atoms with E-state index in [1.54, 1.807) is 48.5 Å². The molecular weight excluding hydrogens is 402 g/mol. The van der Waals surface area contributed by atoms with Crippen LogP contribution in [0, 0.1) is 6.92 Å². The van der Waals surface area contributed by atoms with Crippen LogP contribution in [0.4, 0.5) is 0 Å². The highest BCUT2D eigenvalue weighted by molar-refractivity contribution is 5.98. The molecule has 4 aromatic rings. The van der Waals surface area contributed by atoms with Crippen LogP contribution in [-0.2, 0) is 0 Å². The van der Waals surface area contributed by atoms with Gasteiger partial charge in [0.2, 0.25) is 0 Å². The number of esters is 1. The average molecular weight is 423 g/mol. The fourth-order valence-electron chi connectivity index (χ4n) is 3.14. The SMILES string of the molecule is Cc1ccc(C(=O)Oc2ccccc2C=NNC(=O)c2ccccc2-n2cccc2)cc1. The molecule has 6 nitrogen and oxygen atoms in total. The van der Waals surface area contributed by atoms with Crippen molar-refractivity contribution in [3.8, 4) is 11.4 Å². The van der Waals surface area contributed by atoms with Gasteiger partial charge in [-0.2, -0.15) is 5.10 Å². The van der Waals surface area contributed by atoms with Crippen molar-refractivity contribution in [2.75, 3.05) is 0 Å². The molecule has 0 saturated carbocycles. The molecule has 0 aliphatic heterocycles. The number of aromatic nitrogens is 1. The maximum absolute atomic E-state index is 12.7. The number of carbonyl (C=O) groups excluding carboxylic acids is 2. The summed E-state index contributed by atoms with van der Waals surface area (Å²) in [5, 5.41) is 4.07. The van der Waals surface area contributed by atoms with Gasteiger partial charge >= 0.3 is 5.97 Å². The Labute approximate surface area is 185 Å². The van der Waals surface area contributed by atoms with Gasteiger partial charge in [0, 0.05) is 18.0 Å². The first-order chi connectivity index (χ1) is 15.6. The van der Waals surface area contributed by atoms with Crippen LogP contribution in [0.25, 0.3) is 5.69 Å². The van der Waals surface area contributed by atoms with Crippen LogP contribution in [0.1, 0.15) is 31.8 Å². The molecule has 0 saturated heterocycles. The van der Waals surface area contributed by atoms with E-state index in [9.17, 15) is 9.59 Å². The first kappa shape index (κ1) is 20.8. The van der Waals surface area contributed by atoms with Crippen LogP contribution in [0.3, 0.4) is 0 Å². The molecule has 3 aromatic carbocycles. The minimum absolute atomic E-state index is 0.348. The number of nitrogens with one attached hydrogen (secondary N) is 1. The Balaban J connectivity index is 1.48. The number of aryl methyl sites for hydroxylation is 1. The van der Waals surface area contributed by atoms with E-state index in [2.05, 4.69) is 10.5 Å². The number of carbonyl (C=O) groups is 2. The van der Waals surface area contributed by atoms with Gasteiger partial charge in [-0.15, -0.1) is 0 Å². The number of nitrogens with zero attached hydrogens (tertiary/aromatic N) is 2. The number of benzene rings is 3. The lowest BCUT2D eigenvalue weighted by Crippen LogP contribution is -2.19. The molecule has 1 amide bonds. The van der Waals surface area contributed by atoms with Gasteiger partial charge in [0.05, 0.1) is 23.0 Å². The molecule has 158 valence electrons. The summed E-state index contributed by atoms with van der Waals surface area (Å²) in [7, 11) is 0. The average Bonchev–Trinajstić information content (AvgIpc) is 3.35. The summed E-state index contributed by atoms with van der Waals surface area (Å²) in [5.74, 6) is -0.459. The molecule has 0 aliphatic carbocycles. The molecule has 0 atom stereocenters. The van der Waals surface area contributed by atoms with E-state index in [0.29, 0.717) is 22.4 Å². The highest BCUT2D eigenvalue weighted by atomic mass is 16.5. The molecule has 4 rings (SSSR count). The summed E-state index contributed by atoms with van der Waals surface area (Å²) in [6.07, 6.45) is 5.19. The van der Waals surface area contributed by atoms with Crippen molar-refractivity contribution in [3.05, 3.63) is 120 Å². The lowest BCUT2D eigenvalue weighted by atomic mass is 10.1. The van der Waals surface area contributed by atoms with Crippen LogP contribution in [-0.4, -0.2) is 22.7 Å². The van der Waals surface area contributed by atoms with Gasteiger partial charge in [-0.05, 0) is 55.5 Å². The van der Waals surface area contributed by atoms with Crippen LogP contribution in [0.2, 0.25) is 0 Å². The standard InChI is InChI=1S/C26H21N3O3/c1-19-12-14-20(15-13-19)26(31)32-24-11-5-2-8-21(24)18-27-28-25(30)22-9-3-4-10-23(22)29-16-6-7-17-29/h2-18H,1H3,(H,28,30). The zero-order valence-electron chi connectivity index (χ0n) is 17.4. The Bertz CT molecular complexity index is 1260. The number of ether oxygens (including phenoxy) is 1. The van der Waals surface area contributed by atoms with Crippen molar-refractivity contribution >= 4 is 18.1 Å². The van der Waals surface area contributed by atoms with Crippen molar-refractivity contribution in [2.24, 2.45) is 5.10 Å². The Morgan fingerprint density at radius 1 is 0.875 bits per heavy atom. The second kappa shape index (κ2) is 9.57. The van der Waals surface area contributed by atoms with Gasteiger partial charge in [-0.3, -0.25) is 4.79 Å². The molecule has 32 heavy (non-hydrogen) atoms. The summed E-state index contributed by atoms with van der Waals surface area (Å²) >= 11 is 0. The highest BCUT2D eigenvalue weighted by Crippen LogP contribution is 2.18. The van der Waals surface area contributed by atoms with E-state index < -0.39 is 5.97 Å². The summed E-state index contributed by atoms with van der Waals surface area (Å²) in [5.41, 5.74) is 5.86. The first-order valence-corrected chi connectivity index (χ1v) is 10.1. The van der Waals surface area contributed by atoms with Gasteiger partial charge in [0.1, 0.15) is 5.75 Å². The molecule has 0 fully saturated rings. The Morgan fingerprint density at radius 3 is 2.34 bits per heavy atom. The fraction of sp³-hybridized carbons (Fsp3) is 0.0385. The number of rotatable bonds is 6. The fourth-order valence-corrected chi connectivity index (χ4v) is 3.14. The summed E-state index contributed by atoms with van der Waals surface area (Å²) in [6.45, 7) is 1.95. The highest BCUT2D eigenvalue weighted by Gasteiger charge is 2.12. The summed E-state index contributed by atoms with van der Waals surface area (Å²) in [4.78, 5) is 25.2. The largest absolute Gasteiger partial charge is 0.422 e. The molecule has 1 N–H and O–H groups in total. The van der Waals surface area contributed by atoms with Gasteiger partial charge in [-0.1, -0.05) is 42.0 Å². The summed E-state index contributed by atoms with van der Waals surface area (Å²) in [6, 6.07) is 25.2. The molecule has 1 heterocycles. The molecule has 6 heteroatoms. The number of amides is 1. The Hall–Kier alpha value is -4.45. The van der Waals surface area contributed by atoms with Gasteiger partial charge in [-0.25, -0.2) is 10.2 Å². The maximum atomic E-state index is 12.7. The molecule has 0 spiro atoms. The van der Waals surface area contributed by atoms with E-state index in [0.717, 1.165) is 11.3 Å². The van der Waals surface area contributed by atoms with Gasteiger partial charge in [0.25, 0.3) is 5.91 Å². The molecule has 0 unspecified atom stereocenters. The third-order valence-electron chi connectivity index (χ3n) is 4.81. The van der Waals surface area contributed by atoms with Crippen LogP contribution in [0.15, 0.2) is 102 Å². The molecule has 0 radical (unpaired) electrons. The number of hydrogen-bond acceptors (Lipinski definition) is 4. The lowest BCUT2D eigenvalue weighted by Gasteiger charge is -2.09. The van der Waals surface area contributed by atoms with Crippen LogP contribution < -0.4 is 10.2 Å². The zero-order valence-corrected chi connectivity index (χ0v) is 17.4. The predicted octanol–water partition coefficient (Wildman–Crippen LogP) is 4.77. The van der Waals surface area contributed by atoms with E-state index in [1.807, 2.05) is 60.3 Å². The Morgan fingerprint density at radius 2 is 1.56 bits per heavy atom. The molecular formula is C26H21N3O3. The Kier molecular flexibility index (Phi) is 6.22. The van der Waals surface area contributed by atoms with Gasteiger partial charge in [0.15, 0.2) is 0 Å². The predicted molar refractivity (Wildman–Crippen MR) is 123 cm³/mol. The molecule has 0 aliphatic rings. The first-order valence-electron chi connectivity index (χ1n) is 10.1. The van der Waals surface area contributed by atoms with Crippen molar-refractivity contribution < 1.29 is 14.3 Å². The topological polar surface area (TPSA) is 72.7 Å². The zero-order chi connectivity index (χ0) is 22.3. The van der Waals surface area contributed by atoms with E-state index in [-0.39, 0.29) is 5.91 Å². The number of para-hydroxylation sites is 2. The minimum Gasteiger partial charge on any atom is -0.422 e. The third-order valence-corrected chi connectivity index (χ3v) is 4.81. The van der Waals surface area contributed by atoms with Crippen molar-refractivity contribution in [2.45, 2.75) is 6.92 Å². The van der Waals surface area contributed by atoms with Crippen molar-refractivity contribution in [1.82, 2.24) is 9.99 Å². The van der Waals surface area contributed by atoms with Crippen molar-refractivity contribution in [3.63, 3.8) is 0 Å². The lowest BCUT2D eigenvalue weighted by molar-refractivity contribution is 0.0734. The van der Waals surface area contributed by atoms with Crippen LogP contribution in [0.5, 0.6) is 5.75 Å². The van der Waals surface area contributed by atoms with Crippen LogP contribution >= 0.6 is 0 Å². The molecule has 0 bridgehead atoms. The normalized spacial score (nSPS) is 10.8. The van der Waals surface area contributed by atoms with Gasteiger partial charge < -0.3 is 9.30 Å². The van der Waals surface area contributed by atoms with E-state index in [4.69, 9.17) is 4.74 Å².